The minimum absolute atomic E-state index is 0.381. The molecule has 0 saturated carbocycles. The number of carbonyl (C=O) groups is 1. The van der Waals surface area contributed by atoms with E-state index >= 15 is 0 Å². The lowest BCUT2D eigenvalue weighted by Gasteiger charge is -1.99. The summed E-state index contributed by atoms with van der Waals surface area (Å²) in [7, 11) is 0. The molecule has 1 rings (SSSR count). The van der Waals surface area contributed by atoms with Crippen molar-refractivity contribution >= 4 is 5.97 Å². The van der Waals surface area contributed by atoms with Crippen molar-refractivity contribution in [1.82, 2.24) is 0 Å². The Morgan fingerprint density at radius 2 is 1.79 bits per heavy atom. The molecule has 0 aliphatic heterocycles. The molecule has 0 aliphatic carbocycles. The highest BCUT2D eigenvalue weighted by Crippen LogP contribution is 2.14. The van der Waals surface area contributed by atoms with Crippen molar-refractivity contribution in [3.63, 3.8) is 0 Å². The van der Waals surface area contributed by atoms with Crippen LogP contribution >= 0.6 is 0 Å². The molecule has 0 saturated heterocycles. The zero-order chi connectivity index (χ0) is 11.3. The Kier molecular flexibility index (Phi) is 4.77. The number of aromatic carboxylic acids is 1. The normalized spacial score (nSPS) is 8.93. The van der Waals surface area contributed by atoms with Crippen molar-refractivity contribution < 1.29 is 18.7 Å². The van der Waals surface area contributed by atoms with E-state index in [1.54, 1.807) is 0 Å². The van der Waals surface area contributed by atoms with Crippen molar-refractivity contribution in [1.29, 1.82) is 0 Å². The fraction of sp³-hybridized carbons (Fsp3) is 0.300. The molecule has 1 aromatic carbocycles. The molecule has 0 radical (unpaired) electrons. The van der Waals surface area contributed by atoms with Gasteiger partial charge in [0.1, 0.15) is 0 Å². The maximum absolute atomic E-state index is 12.7. The maximum atomic E-state index is 12.7. The highest BCUT2D eigenvalue weighted by atomic mass is 19.2. The monoisotopic (exact) mass is 202 g/mol. The molecule has 0 heterocycles. The molecule has 0 aromatic heterocycles. The third-order valence-electron chi connectivity index (χ3n) is 1.40. The number of carboxylic acids is 1. The molecular formula is C10H12F2O2. The summed E-state index contributed by atoms with van der Waals surface area (Å²) in [5, 5.41) is 8.41. The Morgan fingerprint density at radius 3 is 2.21 bits per heavy atom. The van der Waals surface area contributed by atoms with Gasteiger partial charge in [-0.1, -0.05) is 13.8 Å². The van der Waals surface area contributed by atoms with Crippen molar-refractivity contribution in [2.24, 2.45) is 0 Å². The summed E-state index contributed by atoms with van der Waals surface area (Å²) < 4.78 is 25.2. The molecule has 0 fully saturated rings. The van der Waals surface area contributed by atoms with Crippen LogP contribution in [0.2, 0.25) is 0 Å². The fourth-order valence-electron chi connectivity index (χ4n) is 0.880. The largest absolute Gasteiger partial charge is 0.478 e. The van der Waals surface area contributed by atoms with E-state index in [0.717, 1.165) is 12.1 Å². The van der Waals surface area contributed by atoms with Crippen LogP contribution < -0.4 is 0 Å². The first-order chi connectivity index (χ1) is 6.52. The molecule has 78 valence electrons. The Labute approximate surface area is 81.2 Å². The van der Waals surface area contributed by atoms with Gasteiger partial charge in [0.05, 0.1) is 5.56 Å². The van der Waals surface area contributed by atoms with Crippen LogP contribution in [-0.2, 0) is 0 Å². The molecule has 4 heteroatoms. The second-order valence-corrected chi connectivity index (χ2v) is 2.41. The van der Waals surface area contributed by atoms with Crippen LogP contribution in [0.1, 0.15) is 29.8 Å². The quantitative estimate of drug-likeness (QED) is 0.760. The van der Waals surface area contributed by atoms with Crippen LogP contribution in [0.4, 0.5) is 8.78 Å². The van der Waals surface area contributed by atoms with E-state index in [0.29, 0.717) is 5.56 Å². The number of rotatable bonds is 1. The van der Waals surface area contributed by atoms with Crippen LogP contribution in [0.25, 0.3) is 0 Å². The molecule has 0 unspecified atom stereocenters. The molecule has 0 atom stereocenters. The van der Waals surface area contributed by atoms with Gasteiger partial charge >= 0.3 is 5.97 Å². The summed E-state index contributed by atoms with van der Waals surface area (Å²) in [5.74, 6) is -3.91. The standard InChI is InChI=1S/C8H6F2O2.C2H6/c1-4-2-5(8(11)12)7(10)6(9)3-4;1-2/h2-3H,1H3,(H,11,12);1-2H3. The second-order valence-electron chi connectivity index (χ2n) is 2.41. The first-order valence-electron chi connectivity index (χ1n) is 4.21. The predicted molar refractivity (Wildman–Crippen MR) is 49.4 cm³/mol. The van der Waals surface area contributed by atoms with Crippen molar-refractivity contribution in [2.75, 3.05) is 0 Å². The van der Waals surface area contributed by atoms with Crippen LogP contribution in [0.3, 0.4) is 0 Å². The van der Waals surface area contributed by atoms with Crippen molar-refractivity contribution in [2.45, 2.75) is 20.8 Å². The molecule has 1 aromatic rings. The van der Waals surface area contributed by atoms with Gasteiger partial charge in [-0.2, -0.15) is 0 Å². The average Bonchev–Trinajstić information content (AvgIpc) is 2.14. The van der Waals surface area contributed by atoms with E-state index in [9.17, 15) is 13.6 Å². The number of halogens is 2. The van der Waals surface area contributed by atoms with E-state index in [2.05, 4.69) is 0 Å². The number of benzene rings is 1. The molecule has 0 amide bonds. The van der Waals surface area contributed by atoms with Gasteiger partial charge < -0.3 is 5.11 Å². The lowest BCUT2D eigenvalue weighted by molar-refractivity contribution is 0.0690. The summed E-state index contributed by atoms with van der Waals surface area (Å²) in [6.07, 6.45) is 0. The van der Waals surface area contributed by atoms with Gasteiger partial charge in [0, 0.05) is 0 Å². The first-order valence-corrected chi connectivity index (χ1v) is 4.21. The zero-order valence-electron chi connectivity index (χ0n) is 8.27. The molecule has 2 nitrogen and oxygen atoms in total. The van der Waals surface area contributed by atoms with Gasteiger partial charge in [0.2, 0.25) is 0 Å². The summed E-state index contributed by atoms with van der Waals surface area (Å²) in [5.41, 5.74) is -0.251. The summed E-state index contributed by atoms with van der Waals surface area (Å²) in [4.78, 5) is 10.3. The lowest BCUT2D eigenvalue weighted by atomic mass is 10.1. The summed E-state index contributed by atoms with van der Waals surface area (Å²) in [6.45, 7) is 5.50. The Morgan fingerprint density at radius 1 is 1.29 bits per heavy atom. The zero-order valence-corrected chi connectivity index (χ0v) is 8.27. The highest BCUT2D eigenvalue weighted by molar-refractivity contribution is 5.88. The Bertz CT molecular complexity index is 335. The SMILES string of the molecule is CC.Cc1cc(F)c(F)c(C(=O)O)c1. The highest BCUT2D eigenvalue weighted by Gasteiger charge is 2.14. The summed E-state index contributed by atoms with van der Waals surface area (Å²) in [6, 6.07) is 2.03. The number of hydrogen-bond acceptors (Lipinski definition) is 1. The van der Waals surface area contributed by atoms with Gasteiger partial charge in [-0.15, -0.1) is 0 Å². The van der Waals surface area contributed by atoms with E-state index in [4.69, 9.17) is 5.11 Å². The topological polar surface area (TPSA) is 37.3 Å². The molecular weight excluding hydrogens is 190 g/mol. The summed E-state index contributed by atoms with van der Waals surface area (Å²) >= 11 is 0. The third kappa shape index (κ3) is 2.80. The van der Waals surface area contributed by atoms with Crippen LogP contribution in [0.15, 0.2) is 12.1 Å². The number of carboxylic acid groups (broad SMARTS) is 1. The lowest BCUT2D eigenvalue weighted by Crippen LogP contribution is -2.03. The fourth-order valence-corrected chi connectivity index (χ4v) is 0.880. The van der Waals surface area contributed by atoms with Crippen molar-refractivity contribution in [3.05, 3.63) is 34.9 Å². The van der Waals surface area contributed by atoms with E-state index in [1.165, 1.54) is 6.92 Å². The van der Waals surface area contributed by atoms with Crippen LogP contribution in [0, 0.1) is 18.6 Å². The number of hydrogen-bond donors (Lipinski definition) is 1. The predicted octanol–water partition coefficient (Wildman–Crippen LogP) is 3.00. The maximum Gasteiger partial charge on any atom is 0.338 e. The molecule has 0 aliphatic rings. The molecule has 0 spiro atoms. The third-order valence-corrected chi connectivity index (χ3v) is 1.40. The minimum atomic E-state index is -1.46. The van der Waals surface area contributed by atoms with Gasteiger partial charge in [-0.3, -0.25) is 0 Å². The van der Waals surface area contributed by atoms with Gasteiger partial charge in [0.25, 0.3) is 0 Å². The van der Waals surface area contributed by atoms with Crippen molar-refractivity contribution in [3.8, 4) is 0 Å². The number of aryl methyl sites for hydroxylation is 1. The van der Waals surface area contributed by atoms with Gasteiger partial charge in [-0.25, -0.2) is 13.6 Å². The molecule has 1 N–H and O–H groups in total. The smallest absolute Gasteiger partial charge is 0.338 e. The Balaban J connectivity index is 0.000000791. The second kappa shape index (κ2) is 5.32. The minimum Gasteiger partial charge on any atom is -0.478 e. The molecule has 0 bridgehead atoms. The molecule has 14 heavy (non-hydrogen) atoms. The van der Waals surface area contributed by atoms with Gasteiger partial charge in [-0.05, 0) is 24.6 Å². The Hall–Kier alpha value is -1.45. The average molecular weight is 202 g/mol. The van der Waals surface area contributed by atoms with Crippen LogP contribution in [0.5, 0.6) is 0 Å². The van der Waals surface area contributed by atoms with E-state index < -0.39 is 23.2 Å². The van der Waals surface area contributed by atoms with Gasteiger partial charge in [0.15, 0.2) is 11.6 Å². The van der Waals surface area contributed by atoms with E-state index in [-0.39, 0.29) is 0 Å². The van der Waals surface area contributed by atoms with E-state index in [1.807, 2.05) is 13.8 Å². The van der Waals surface area contributed by atoms with Crippen LogP contribution in [-0.4, -0.2) is 11.1 Å². The first kappa shape index (κ1) is 12.6.